The number of nitrogens with zero attached hydrogens (tertiary/aromatic N) is 1. The summed E-state index contributed by atoms with van der Waals surface area (Å²) in [6.45, 7) is 2.32. The van der Waals surface area contributed by atoms with Crippen LogP contribution < -0.4 is 5.73 Å². The molecule has 0 spiro atoms. The van der Waals surface area contributed by atoms with Gasteiger partial charge >= 0.3 is 5.97 Å². The van der Waals surface area contributed by atoms with Crippen LogP contribution in [0.5, 0.6) is 0 Å². The molecular formula is C12H18N2O4. The minimum absolute atomic E-state index is 0.191. The first-order valence-electron chi connectivity index (χ1n) is 5.68. The summed E-state index contributed by atoms with van der Waals surface area (Å²) in [6.07, 6.45) is 0.404. The van der Waals surface area contributed by atoms with Crippen LogP contribution in [0.1, 0.15) is 17.9 Å². The number of carboxylic acid groups (broad SMARTS) is 1. The van der Waals surface area contributed by atoms with Crippen LogP contribution >= 0.6 is 0 Å². The zero-order valence-electron chi connectivity index (χ0n) is 10.5. The van der Waals surface area contributed by atoms with Gasteiger partial charge in [0.05, 0.1) is 6.42 Å². The van der Waals surface area contributed by atoms with Gasteiger partial charge in [0.25, 0.3) is 0 Å². The van der Waals surface area contributed by atoms with Crippen molar-refractivity contribution in [2.75, 3.05) is 13.6 Å². The molecule has 1 atom stereocenters. The highest BCUT2D eigenvalue weighted by Gasteiger charge is 2.18. The van der Waals surface area contributed by atoms with Crippen molar-refractivity contribution >= 4 is 11.9 Å². The molecule has 0 radical (unpaired) electrons. The van der Waals surface area contributed by atoms with Crippen molar-refractivity contribution in [1.82, 2.24) is 4.90 Å². The Bertz CT molecular complexity index is 427. The van der Waals surface area contributed by atoms with Crippen molar-refractivity contribution in [1.29, 1.82) is 0 Å². The number of hydrogen-bond acceptors (Lipinski definition) is 4. The van der Waals surface area contributed by atoms with Crippen molar-refractivity contribution in [3.63, 3.8) is 0 Å². The van der Waals surface area contributed by atoms with Gasteiger partial charge < -0.3 is 20.2 Å². The predicted octanol–water partition coefficient (Wildman–Crippen LogP) is 0.391. The molecule has 100 valence electrons. The van der Waals surface area contributed by atoms with Crippen LogP contribution in [0.4, 0.5) is 0 Å². The largest absolute Gasteiger partial charge is 0.480 e. The second-order valence-corrected chi connectivity index (χ2v) is 4.23. The minimum atomic E-state index is -1.17. The number of carboxylic acids is 1. The highest BCUT2D eigenvalue weighted by atomic mass is 16.4. The molecule has 1 unspecified atom stereocenters. The fourth-order valence-corrected chi connectivity index (χ4v) is 1.45. The molecule has 1 amide bonds. The van der Waals surface area contributed by atoms with E-state index >= 15 is 0 Å². The molecule has 0 aliphatic carbocycles. The van der Waals surface area contributed by atoms with Gasteiger partial charge in [-0.2, -0.15) is 0 Å². The molecule has 0 aromatic carbocycles. The number of carbonyl (C=O) groups excluding carboxylic acids is 1. The Labute approximate surface area is 105 Å². The van der Waals surface area contributed by atoms with Crippen LogP contribution in [-0.4, -0.2) is 41.5 Å². The van der Waals surface area contributed by atoms with Gasteiger partial charge in [-0.3, -0.25) is 9.59 Å². The van der Waals surface area contributed by atoms with E-state index in [0.29, 0.717) is 13.0 Å². The predicted molar refractivity (Wildman–Crippen MR) is 65.0 cm³/mol. The number of carbonyl (C=O) groups is 2. The summed E-state index contributed by atoms with van der Waals surface area (Å²) in [5, 5.41) is 8.61. The van der Waals surface area contributed by atoms with Crippen LogP contribution in [-0.2, 0) is 16.0 Å². The lowest BCUT2D eigenvalue weighted by Crippen LogP contribution is -2.38. The first kappa shape index (κ1) is 14.2. The first-order valence-corrected chi connectivity index (χ1v) is 5.68. The lowest BCUT2D eigenvalue weighted by atomic mass is 10.2. The normalized spacial score (nSPS) is 12.2. The Balaban J connectivity index is 2.38. The fraction of sp³-hybridized carbons (Fsp3) is 0.500. The molecule has 0 saturated carbocycles. The summed E-state index contributed by atoms with van der Waals surface area (Å²) < 4.78 is 5.38. The van der Waals surface area contributed by atoms with Gasteiger partial charge in [0, 0.05) is 20.0 Å². The number of aryl methyl sites for hydroxylation is 1. The molecular weight excluding hydrogens is 236 g/mol. The molecule has 3 N–H and O–H groups in total. The molecule has 1 aromatic rings. The fourth-order valence-electron chi connectivity index (χ4n) is 1.45. The quantitative estimate of drug-likeness (QED) is 0.765. The molecule has 1 rings (SSSR count). The molecule has 18 heavy (non-hydrogen) atoms. The van der Waals surface area contributed by atoms with E-state index in [0.717, 1.165) is 11.5 Å². The Kier molecular flexibility index (Phi) is 4.91. The number of rotatable bonds is 6. The second kappa shape index (κ2) is 6.20. The van der Waals surface area contributed by atoms with Gasteiger partial charge in [-0.15, -0.1) is 0 Å². The number of amides is 1. The Morgan fingerprint density at radius 1 is 1.50 bits per heavy atom. The smallest absolute Gasteiger partial charge is 0.321 e. The number of furan rings is 1. The molecule has 6 nitrogen and oxygen atoms in total. The Morgan fingerprint density at radius 3 is 2.67 bits per heavy atom. The van der Waals surface area contributed by atoms with Crippen molar-refractivity contribution in [3.05, 3.63) is 23.7 Å². The highest BCUT2D eigenvalue weighted by molar-refractivity contribution is 5.84. The Morgan fingerprint density at radius 2 is 2.17 bits per heavy atom. The molecule has 1 aromatic heterocycles. The first-order chi connectivity index (χ1) is 8.40. The number of aliphatic carboxylic acids is 1. The summed E-state index contributed by atoms with van der Waals surface area (Å²) in [4.78, 5) is 23.6. The van der Waals surface area contributed by atoms with Gasteiger partial charge in [-0.25, -0.2) is 0 Å². The van der Waals surface area contributed by atoms with E-state index < -0.39 is 12.0 Å². The summed E-state index contributed by atoms with van der Waals surface area (Å²) in [5.41, 5.74) is 5.30. The van der Waals surface area contributed by atoms with Gasteiger partial charge in [0.2, 0.25) is 5.91 Å². The van der Waals surface area contributed by atoms with Crippen LogP contribution in [0.2, 0.25) is 0 Å². The third-order valence-electron chi connectivity index (χ3n) is 2.63. The minimum Gasteiger partial charge on any atom is -0.480 e. The van der Waals surface area contributed by atoms with Crippen molar-refractivity contribution in [2.45, 2.75) is 25.8 Å². The lowest BCUT2D eigenvalue weighted by molar-refractivity contribution is -0.142. The summed E-state index contributed by atoms with van der Waals surface area (Å²) >= 11 is 0. The maximum Gasteiger partial charge on any atom is 0.321 e. The maximum absolute atomic E-state index is 11.6. The zero-order valence-corrected chi connectivity index (χ0v) is 10.5. The zero-order chi connectivity index (χ0) is 13.7. The van der Waals surface area contributed by atoms with E-state index in [2.05, 4.69) is 0 Å². The van der Waals surface area contributed by atoms with Gasteiger partial charge in [-0.05, 0) is 19.1 Å². The third kappa shape index (κ3) is 4.21. The average Bonchev–Trinajstić information content (AvgIpc) is 2.71. The second-order valence-electron chi connectivity index (χ2n) is 4.23. The number of hydrogen-bond donors (Lipinski definition) is 2. The van der Waals surface area contributed by atoms with Crippen LogP contribution in [0, 0.1) is 6.92 Å². The molecule has 0 fully saturated rings. The van der Waals surface area contributed by atoms with Gasteiger partial charge in [0.15, 0.2) is 0 Å². The van der Waals surface area contributed by atoms with Crippen molar-refractivity contribution < 1.29 is 19.1 Å². The summed E-state index contributed by atoms with van der Waals surface area (Å²) in [7, 11) is 1.62. The van der Waals surface area contributed by atoms with Crippen LogP contribution in [0.15, 0.2) is 16.5 Å². The van der Waals surface area contributed by atoms with Gasteiger partial charge in [0.1, 0.15) is 17.6 Å². The maximum atomic E-state index is 11.6. The average molecular weight is 254 g/mol. The van der Waals surface area contributed by atoms with Gasteiger partial charge in [-0.1, -0.05) is 0 Å². The number of likely N-dealkylation sites (N-methyl/N-ethyl adjacent to an activating group) is 1. The van der Waals surface area contributed by atoms with E-state index in [4.69, 9.17) is 15.3 Å². The standard InChI is InChI=1S/C12H18N2O4/c1-8-3-4-9(18-8)5-6-14(2)11(15)7-10(13)12(16)17/h3-4,10H,5-7,13H2,1-2H3,(H,16,17). The van der Waals surface area contributed by atoms with E-state index in [-0.39, 0.29) is 12.3 Å². The third-order valence-corrected chi connectivity index (χ3v) is 2.63. The summed E-state index contributed by atoms with van der Waals surface area (Å²) in [6, 6.07) is 2.57. The molecule has 1 heterocycles. The van der Waals surface area contributed by atoms with E-state index in [1.165, 1.54) is 4.90 Å². The van der Waals surface area contributed by atoms with E-state index in [1.54, 1.807) is 7.05 Å². The van der Waals surface area contributed by atoms with E-state index in [9.17, 15) is 9.59 Å². The lowest BCUT2D eigenvalue weighted by Gasteiger charge is -2.17. The van der Waals surface area contributed by atoms with Crippen molar-refractivity contribution in [3.8, 4) is 0 Å². The highest BCUT2D eigenvalue weighted by Crippen LogP contribution is 2.07. The van der Waals surface area contributed by atoms with Crippen LogP contribution in [0.3, 0.4) is 0 Å². The SMILES string of the molecule is Cc1ccc(CCN(C)C(=O)CC(N)C(=O)O)o1. The molecule has 0 saturated heterocycles. The molecule has 0 aliphatic rings. The molecule has 6 heteroatoms. The number of nitrogens with two attached hydrogens (primary N) is 1. The molecule has 0 bridgehead atoms. The summed E-state index contributed by atoms with van der Waals surface area (Å²) in [5.74, 6) is 0.174. The van der Waals surface area contributed by atoms with Crippen molar-refractivity contribution in [2.24, 2.45) is 5.73 Å². The topological polar surface area (TPSA) is 96.8 Å². The Hall–Kier alpha value is -1.82. The molecule has 0 aliphatic heterocycles. The van der Waals surface area contributed by atoms with Crippen LogP contribution in [0.25, 0.3) is 0 Å². The van der Waals surface area contributed by atoms with E-state index in [1.807, 2.05) is 19.1 Å². The monoisotopic (exact) mass is 254 g/mol.